The first kappa shape index (κ1) is 10.7. The molecule has 2 nitrogen and oxygen atoms in total. The van der Waals surface area contributed by atoms with Gasteiger partial charge in [0.1, 0.15) is 0 Å². The predicted molar refractivity (Wildman–Crippen MR) is 53.7 cm³/mol. The number of allylic oxidation sites excluding steroid dienone is 2. The minimum Gasteiger partial charge on any atom is -0.481 e. The Morgan fingerprint density at radius 3 is 2.64 bits per heavy atom. The molecule has 0 saturated heterocycles. The van der Waals surface area contributed by atoms with E-state index in [0.29, 0.717) is 6.42 Å². The smallest absolute Gasteiger partial charge is 0.310 e. The molecule has 0 heterocycles. The van der Waals surface area contributed by atoms with Crippen LogP contribution in [0.25, 0.3) is 0 Å². The van der Waals surface area contributed by atoms with Crippen molar-refractivity contribution in [1.29, 1.82) is 0 Å². The molecule has 62 valence electrons. The summed E-state index contributed by atoms with van der Waals surface area (Å²) in [4.78, 5) is 10.5. The fourth-order valence-electron chi connectivity index (χ4n) is 0.614. The summed E-state index contributed by atoms with van der Waals surface area (Å²) < 4.78 is 0.849. The maximum atomic E-state index is 10.5. The van der Waals surface area contributed by atoms with E-state index in [9.17, 15) is 4.79 Å². The predicted octanol–water partition coefficient (Wildman–Crippen LogP) is 2.60. The van der Waals surface area contributed by atoms with Crippen LogP contribution >= 0.6 is 22.6 Å². The Bertz CT molecular complexity index is 185. The minimum absolute atomic E-state index is 0.374. The number of carboxylic acid groups (broad SMARTS) is 1. The number of hydrogen-bond acceptors (Lipinski definition) is 1. The van der Waals surface area contributed by atoms with E-state index in [0.717, 1.165) is 3.58 Å². The second kappa shape index (κ2) is 5.35. The van der Waals surface area contributed by atoms with Crippen LogP contribution in [-0.2, 0) is 4.79 Å². The van der Waals surface area contributed by atoms with E-state index in [-0.39, 0.29) is 5.92 Å². The molecule has 0 spiro atoms. The van der Waals surface area contributed by atoms with Crippen LogP contribution in [0.3, 0.4) is 0 Å². The van der Waals surface area contributed by atoms with Crippen molar-refractivity contribution in [2.45, 2.75) is 13.3 Å². The van der Waals surface area contributed by atoms with E-state index in [1.165, 1.54) is 0 Å². The van der Waals surface area contributed by atoms with Gasteiger partial charge in [-0.1, -0.05) is 25.7 Å². The van der Waals surface area contributed by atoms with Gasteiger partial charge in [-0.15, -0.1) is 0 Å². The average molecular weight is 266 g/mol. The van der Waals surface area contributed by atoms with Gasteiger partial charge in [-0.3, -0.25) is 4.79 Å². The van der Waals surface area contributed by atoms with Crippen LogP contribution < -0.4 is 0 Å². The Morgan fingerprint density at radius 1 is 1.82 bits per heavy atom. The van der Waals surface area contributed by atoms with Crippen molar-refractivity contribution in [1.82, 2.24) is 0 Å². The van der Waals surface area contributed by atoms with E-state index in [4.69, 9.17) is 5.11 Å². The molecule has 0 aliphatic rings. The molecule has 11 heavy (non-hydrogen) atoms. The molecule has 3 heteroatoms. The van der Waals surface area contributed by atoms with Crippen molar-refractivity contribution in [3.63, 3.8) is 0 Å². The highest BCUT2D eigenvalue weighted by Crippen LogP contribution is 2.09. The van der Waals surface area contributed by atoms with Gasteiger partial charge in [0.25, 0.3) is 0 Å². The number of halogens is 1. The molecule has 0 aromatic carbocycles. The van der Waals surface area contributed by atoms with Gasteiger partial charge < -0.3 is 5.11 Å². The normalized spacial score (nSPS) is 13.3. The Labute approximate surface area is 80.1 Å². The zero-order chi connectivity index (χ0) is 8.85. The standard InChI is InChI=1S/C8H11IO2/c1-3-7(8(10)11)5-4-6(2)9/h4-5,7H,2-3H2,1H3,(H,10,11)/b5-4-. The van der Waals surface area contributed by atoms with Gasteiger partial charge in [-0.05, 0) is 29.0 Å². The molecule has 1 N–H and O–H groups in total. The molecular weight excluding hydrogens is 255 g/mol. The molecule has 0 saturated carbocycles. The quantitative estimate of drug-likeness (QED) is 0.627. The summed E-state index contributed by atoms with van der Waals surface area (Å²) in [7, 11) is 0. The molecule has 0 aromatic rings. The van der Waals surface area contributed by atoms with Crippen LogP contribution in [0, 0.1) is 5.92 Å². The molecule has 0 bridgehead atoms. The Balaban J connectivity index is 4.08. The highest BCUT2D eigenvalue weighted by atomic mass is 127. The van der Waals surface area contributed by atoms with E-state index < -0.39 is 5.97 Å². The molecule has 0 aromatic heterocycles. The lowest BCUT2D eigenvalue weighted by atomic mass is 10.1. The SMILES string of the molecule is C=C(I)/C=C\C(CC)C(=O)O. The van der Waals surface area contributed by atoms with E-state index in [1.807, 2.05) is 29.5 Å². The lowest BCUT2D eigenvalue weighted by Gasteiger charge is -2.01. The Hall–Kier alpha value is -0.320. The third kappa shape index (κ3) is 5.01. The molecule has 1 atom stereocenters. The number of hydrogen-bond donors (Lipinski definition) is 1. The molecule has 0 radical (unpaired) electrons. The van der Waals surface area contributed by atoms with Gasteiger partial charge in [-0.2, -0.15) is 0 Å². The van der Waals surface area contributed by atoms with E-state index >= 15 is 0 Å². The lowest BCUT2D eigenvalue weighted by Crippen LogP contribution is -2.08. The third-order valence-corrected chi connectivity index (χ3v) is 1.63. The van der Waals surface area contributed by atoms with Crippen LogP contribution in [-0.4, -0.2) is 11.1 Å². The third-order valence-electron chi connectivity index (χ3n) is 1.27. The molecular formula is C8H11IO2. The van der Waals surface area contributed by atoms with E-state index in [2.05, 4.69) is 6.58 Å². The molecule has 0 aliphatic carbocycles. The summed E-state index contributed by atoms with van der Waals surface area (Å²) in [5, 5.41) is 8.60. The average Bonchev–Trinajstić information content (AvgIpc) is 1.87. The molecule has 1 unspecified atom stereocenters. The van der Waals surface area contributed by atoms with Gasteiger partial charge in [-0.25, -0.2) is 0 Å². The van der Waals surface area contributed by atoms with Gasteiger partial charge in [0.2, 0.25) is 0 Å². The Kier molecular flexibility index (Phi) is 5.19. The number of carbonyl (C=O) groups is 1. The molecule has 0 aliphatic heterocycles. The van der Waals surface area contributed by atoms with Crippen molar-refractivity contribution in [2.75, 3.05) is 0 Å². The van der Waals surface area contributed by atoms with Gasteiger partial charge >= 0.3 is 5.97 Å². The molecule has 0 amide bonds. The molecule has 0 rings (SSSR count). The summed E-state index contributed by atoms with van der Waals surface area (Å²) in [5.41, 5.74) is 0. The summed E-state index contributed by atoms with van der Waals surface area (Å²) >= 11 is 2.04. The summed E-state index contributed by atoms with van der Waals surface area (Å²) in [6.45, 7) is 5.47. The first-order chi connectivity index (χ1) is 5.07. The van der Waals surface area contributed by atoms with Crippen LogP contribution in [0.5, 0.6) is 0 Å². The number of rotatable bonds is 4. The second-order valence-corrected chi connectivity index (χ2v) is 3.54. The fraction of sp³-hybridized carbons (Fsp3) is 0.375. The van der Waals surface area contributed by atoms with Gasteiger partial charge in [0.15, 0.2) is 0 Å². The van der Waals surface area contributed by atoms with Crippen molar-refractivity contribution in [2.24, 2.45) is 5.92 Å². The highest BCUT2D eigenvalue weighted by Gasteiger charge is 2.09. The van der Waals surface area contributed by atoms with E-state index in [1.54, 1.807) is 12.2 Å². The zero-order valence-electron chi connectivity index (χ0n) is 6.38. The minimum atomic E-state index is -0.776. The van der Waals surface area contributed by atoms with Crippen LogP contribution in [0.15, 0.2) is 22.3 Å². The van der Waals surface area contributed by atoms with Crippen LogP contribution in [0.4, 0.5) is 0 Å². The number of carboxylic acids is 1. The highest BCUT2D eigenvalue weighted by molar-refractivity contribution is 14.1. The van der Waals surface area contributed by atoms with Crippen molar-refractivity contribution in [3.8, 4) is 0 Å². The summed E-state index contributed by atoms with van der Waals surface area (Å²) in [6.07, 6.45) is 4.01. The monoisotopic (exact) mass is 266 g/mol. The maximum absolute atomic E-state index is 10.5. The largest absolute Gasteiger partial charge is 0.481 e. The lowest BCUT2D eigenvalue weighted by molar-refractivity contribution is -0.140. The number of aliphatic carboxylic acids is 1. The van der Waals surface area contributed by atoms with Crippen molar-refractivity contribution in [3.05, 3.63) is 22.3 Å². The molecule has 0 fully saturated rings. The van der Waals surface area contributed by atoms with Crippen LogP contribution in [0.2, 0.25) is 0 Å². The van der Waals surface area contributed by atoms with Gasteiger partial charge in [0.05, 0.1) is 5.92 Å². The zero-order valence-corrected chi connectivity index (χ0v) is 8.54. The topological polar surface area (TPSA) is 37.3 Å². The first-order valence-corrected chi connectivity index (χ1v) is 4.41. The van der Waals surface area contributed by atoms with Gasteiger partial charge in [0, 0.05) is 3.58 Å². The van der Waals surface area contributed by atoms with Crippen LogP contribution in [0.1, 0.15) is 13.3 Å². The Morgan fingerprint density at radius 2 is 2.36 bits per heavy atom. The first-order valence-electron chi connectivity index (χ1n) is 3.33. The van der Waals surface area contributed by atoms with Crippen molar-refractivity contribution < 1.29 is 9.90 Å². The second-order valence-electron chi connectivity index (χ2n) is 2.16. The summed E-state index contributed by atoms with van der Waals surface area (Å²) in [5.74, 6) is -1.15. The maximum Gasteiger partial charge on any atom is 0.310 e. The fourth-order valence-corrected chi connectivity index (χ4v) is 0.821. The van der Waals surface area contributed by atoms with Crippen molar-refractivity contribution >= 4 is 28.6 Å². The summed E-state index contributed by atoms with van der Waals surface area (Å²) in [6, 6.07) is 0.